The third-order valence-electron chi connectivity index (χ3n) is 4.50. The number of benzene rings is 1. The molecule has 2 aliphatic heterocycles. The fourth-order valence-electron chi connectivity index (χ4n) is 3.05. The van der Waals surface area contributed by atoms with Crippen LogP contribution in [-0.2, 0) is 14.8 Å². The lowest BCUT2D eigenvalue weighted by atomic mass is 9.96. The quantitative estimate of drug-likeness (QED) is 0.887. The third-order valence-corrected chi connectivity index (χ3v) is 6.48. The molecule has 7 nitrogen and oxygen atoms in total. The number of hydrogen-bond donors (Lipinski definition) is 1. The smallest absolute Gasteiger partial charge is 0.307 e. The minimum absolute atomic E-state index is 0.00667. The molecule has 0 aliphatic carbocycles. The molecule has 0 spiro atoms. The average molecular weight is 355 g/mol. The maximum atomic E-state index is 13.0. The summed E-state index contributed by atoms with van der Waals surface area (Å²) in [6, 6.07) is 4.31. The van der Waals surface area contributed by atoms with Crippen molar-refractivity contribution in [2.75, 3.05) is 19.8 Å². The van der Waals surface area contributed by atoms with Gasteiger partial charge >= 0.3 is 5.97 Å². The van der Waals surface area contributed by atoms with E-state index in [1.54, 1.807) is 13.0 Å². The summed E-state index contributed by atoms with van der Waals surface area (Å²) in [7, 11) is -3.79. The zero-order valence-corrected chi connectivity index (χ0v) is 14.3. The average Bonchev–Trinajstić information content (AvgIpc) is 2.79. The second kappa shape index (κ2) is 6.60. The molecule has 8 heteroatoms. The van der Waals surface area contributed by atoms with E-state index in [1.807, 2.05) is 0 Å². The van der Waals surface area contributed by atoms with Crippen molar-refractivity contribution in [1.82, 2.24) is 4.31 Å². The molecule has 132 valence electrons. The van der Waals surface area contributed by atoms with Gasteiger partial charge in [0.15, 0.2) is 11.5 Å². The molecule has 0 amide bonds. The summed E-state index contributed by atoms with van der Waals surface area (Å²) < 4.78 is 38.3. The lowest BCUT2D eigenvalue weighted by Crippen LogP contribution is -2.47. The molecular formula is C16H21NO6S. The first-order valence-electron chi connectivity index (χ1n) is 8.04. The maximum absolute atomic E-state index is 13.0. The second-order valence-electron chi connectivity index (χ2n) is 6.20. The summed E-state index contributed by atoms with van der Waals surface area (Å²) >= 11 is 0. The highest BCUT2D eigenvalue weighted by Gasteiger charge is 2.37. The monoisotopic (exact) mass is 355 g/mol. The topological polar surface area (TPSA) is 93.1 Å². The van der Waals surface area contributed by atoms with Crippen LogP contribution in [0, 0.1) is 5.92 Å². The first-order chi connectivity index (χ1) is 11.4. The molecule has 1 aromatic carbocycles. The van der Waals surface area contributed by atoms with Crippen molar-refractivity contribution in [2.24, 2.45) is 5.92 Å². The normalized spacial score (nSPS) is 25.0. The van der Waals surface area contributed by atoms with Gasteiger partial charge < -0.3 is 14.6 Å². The molecule has 0 radical (unpaired) electrons. The Hall–Kier alpha value is -1.80. The molecule has 0 aromatic heterocycles. The molecule has 1 saturated heterocycles. The van der Waals surface area contributed by atoms with E-state index in [2.05, 4.69) is 0 Å². The van der Waals surface area contributed by atoms with Crippen LogP contribution in [0.15, 0.2) is 23.1 Å². The van der Waals surface area contributed by atoms with E-state index in [0.29, 0.717) is 37.6 Å². The van der Waals surface area contributed by atoms with Crippen molar-refractivity contribution in [2.45, 2.75) is 37.1 Å². The van der Waals surface area contributed by atoms with Crippen molar-refractivity contribution in [3.8, 4) is 11.5 Å². The van der Waals surface area contributed by atoms with Crippen molar-refractivity contribution in [3.63, 3.8) is 0 Å². The minimum Gasteiger partial charge on any atom is -0.490 e. The number of carboxylic acid groups (broad SMARTS) is 1. The van der Waals surface area contributed by atoms with Gasteiger partial charge in [0, 0.05) is 25.1 Å². The highest BCUT2D eigenvalue weighted by molar-refractivity contribution is 7.89. The van der Waals surface area contributed by atoms with Crippen molar-refractivity contribution >= 4 is 16.0 Å². The van der Waals surface area contributed by atoms with Gasteiger partial charge in [-0.15, -0.1) is 0 Å². The van der Waals surface area contributed by atoms with Crippen LogP contribution in [0.4, 0.5) is 0 Å². The molecule has 1 N–H and O–H groups in total. The Bertz CT molecular complexity index is 732. The Balaban J connectivity index is 1.92. The van der Waals surface area contributed by atoms with E-state index in [4.69, 9.17) is 9.47 Å². The SMILES string of the molecule is CC1CCC(C(=O)O)CN1S(=O)(=O)c1ccc2c(c1)OCCCO2. The van der Waals surface area contributed by atoms with Gasteiger partial charge in [-0.05, 0) is 31.9 Å². The fourth-order valence-corrected chi connectivity index (χ4v) is 4.77. The summed E-state index contributed by atoms with van der Waals surface area (Å²) in [5.41, 5.74) is 0. The Morgan fingerprint density at radius 3 is 2.62 bits per heavy atom. The first-order valence-corrected chi connectivity index (χ1v) is 9.48. The lowest BCUT2D eigenvalue weighted by molar-refractivity contribution is -0.143. The van der Waals surface area contributed by atoms with Gasteiger partial charge in [0.2, 0.25) is 10.0 Å². The summed E-state index contributed by atoms with van der Waals surface area (Å²) in [4.78, 5) is 11.3. The number of ether oxygens (including phenoxy) is 2. The van der Waals surface area contributed by atoms with Gasteiger partial charge in [-0.25, -0.2) is 8.42 Å². The number of carbonyl (C=O) groups is 1. The fraction of sp³-hybridized carbons (Fsp3) is 0.562. The van der Waals surface area contributed by atoms with Crippen molar-refractivity contribution in [1.29, 1.82) is 0 Å². The number of piperidine rings is 1. The van der Waals surface area contributed by atoms with Crippen molar-refractivity contribution in [3.05, 3.63) is 18.2 Å². The largest absolute Gasteiger partial charge is 0.490 e. The van der Waals surface area contributed by atoms with Gasteiger partial charge in [-0.3, -0.25) is 4.79 Å². The predicted molar refractivity (Wildman–Crippen MR) is 85.8 cm³/mol. The molecule has 0 bridgehead atoms. The second-order valence-corrected chi connectivity index (χ2v) is 8.09. The molecule has 2 unspecified atom stereocenters. The van der Waals surface area contributed by atoms with Gasteiger partial charge in [0.1, 0.15) is 0 Å². The van der Waals surface area contributed by atoms with Crippen LogP contribution in [0.2, 0.25) is 0 Å². The van der Waals surface area contributed by atoms with Gasteiger partial charge in [-0.1, -0.05) is 0 Å². The third kappa shape index (κ3) is 3.21. The Kier molecular flexibility index (Phi) is 4.69. The van der Waals surface area contributed by atoms with E-state index in [9.17, 15) is 18.3 Å². The molecule has 0 saturated carbocycles. The maximum Gasteiger partial charge on any atom is 0.307 e. The van der Waals surface area contributed by atoms with Crippen LogP contribution in [0.5, 0.6) is 11.5 Å². The number of nitrogens with zero attached hydrogens (tertiary/aromatic N) is 1. The standard InChI is InChI=1S/C16H21NO6S/c1-11-3-4-12(16(18)19)10-17(11)24(20,21)13-5-6-14-15(9-13)23-8-2-7-22-14/h5-6,9,11-12H,2-4,7-8,10H2,1H3,(H,18,19). The van der Waals surface area contributed by atoms with E-state index in [0.717, 1.165) is 6.42 Å². The van der Waals surface area contributed by atoms with E-state index in [1.165, 1.54) is 16.4 Å². The Morgan fingerprint density at radius 2 is 1.92 bits per heavy atom. The molecule has 3 rings (SSSR count). The molecule has 1 fully saturated rings. The van der Waals surface area contributed by atoms with E-state index < -0.39 is 21.9 Å². The molecule has 2 atom stereocenters. The van der Waals surface area contributed by atoms with Crippen LogP contribution < -0.4 is 9.47 Å². The number of hydrogen-bond acceptors (Lipinski definition) is 5. The van der Waals surface area contributed by atoms with Crippen molar-refractivity contribution < 1.29 is 27.8 Å². The number of sulfonamides is 1. The molecule has 2 heterocycles. The first kappa shape index (κ1) is 17.0. The summed E-state index contributed by atoms with van der Waals surface area (Å²) in [6.07, 6.45) is 1.75. The predicted octanol–water partition coefficient (Wildman–Crippen LogP) is 1.72. The Labute approximate surface area is 141 Å². The molecule has 1 aromatic rings. The summed E-state index contributed by atoms with van der Waals surface area (Å²) in [6.45, 7) is 2.80. The number of carboxylic acids is 1. The highest BCUT2D eigenvalue weighted by atomic mass is 32.2. The molecular weight excluding hydrogens is 334 g/mol. The zero-order valence-electron chi connectivity index (χ0n) is 13.5. The van der Waals surface area contributed by atoms with Gasteiger partial charge in [0.25, 0.3) is 0 Å². The van der Waals surface area contributed by atoms with E-state index >= 15 is 0 Å². The van der Waals surface area contributed by atoms with Gasteiger partial charge in [0.05, 0.1) is 24.0 Å². The van der Waals surface area contributed by atoms with Crippen LogP contribution in [0.3, 0.4) is 0 Å². The van der Waals surface area contributed by atoms with Crippen LogP contribution >= 0.6 is 0 Å². The van der Waals surface area contributed by atoms with Crippen LogP contribution in [0.1, 0.15) is 26.2 Å². The van der Waals surface area contributed by atoms with Crippen LogP contribution in [-0.4, -0.2) is 49.6 Å². The highest BCUT2D eigenvalue weighted by Crippen LogP contribution is 2.35. The van der Waals surface area contributed by atoms with E-state index in [-0.39, 0.29) is 17.5 Å². The number of rotatable bonds is 3. The molecule has 2 aliphatic rings. The zero-order chi connectivity index (χ0) is 17.3. The minimum atomic E-state index is -3.79. The molecule has 24 heavy (non-hydrogen) atoms. The Morgan fingerprint density at radius 1 is 1.21 bits per heavy atom. The summed E-state index contributed by atoms with van der Waals surface area (Å²) in [5.74, 6) is -0.688. The lowest BCUT2D eigenvalue weighted by Gasteiger charge is -2.35. The number of aliphatic carboxylic acids is 1. The van der Waals surface area contributed by atoms with Crippen LogP contribution in [0.25, 0.3) is 0 Å². The number of fused-ring (bicyclic) bond motifs is 1. The summed E-state index contributed by atoms with van der Waals surface area (Å²) in [5, 5.41) is 9.21. The van der Waals surface area contributed by atoms with Gasteiger partial charge in [-0.2, -0.15) is 4.31 Å².